The number of nitrogens with two attached hydrogens (primary N) is 1. The first-order valence-electron chi connectivity index (χ1n) is 8.14. The minimum atomic E-state index is -0.0128. The highest BCUT2D eigenvalue weighted by Gasteiger charge is 2.35. The summed E-state index contributed by atoms with van der Waals surface area (Å²) in [7, 11) is 1.70. The number of benzene rings is 1. The highest BCUT2D eigenvalue weighted by atomic mass is 16.5. The molecule has 2 aromatic heterocycles. The Labute approximate surface area is 145 Å². The molecular formula is C16H20N8O. The third kappa shape index (κ3) is 2.82. The SMILES string of the molecule is COCCN1c2cc(N)ccc2C(n2ccnn2)CC1n1ccnn1. The Balaban J connectivity index is 1.83. The second kappa shape index (κ2) is 6.52. The fourth-order valence-corrected chi connectivity index (χ4v) is 3.43. The van der Waals surface area contributed by atoms with Gasteiger partial charge in [0, 0.05) is 49.4 Å². The van der Waals surface area contributed by atoms with Crippen LogP contribution in [0.5, 0.6) is 0 Å². The number of nitrogen functional groups attached to an aromatic ring is 1. The van der Waals surface area contributed by atoms with Crippen molar-refractivity contribution < 1.29 is 4.74 Å². The van der Waals surface area contributed by atoms with Gasteiger partial charge in [-0.2, -0.15) is 0 Å². The predicted octanol–water partition coefficient (Wildman–Crippen LogP) is 1.10. The van der Waals surface area contributed by atoms with E-state index in [1.807, 2.05) is 33.9 Å². The second-order valence-corrected chi connectivity index (χ2v) is 6.00. The van der Waals surface area contributed by atoms with Gasteiger partial charge in [0.2, 0.25) is 0 Å². The number of methoxy groups -OCH3 is 1. The van der Waals surface area contributed by atoms with Gasteiger partial charge in [-0.25, -0.2) is 9.36 Å². The largest absolute Gasteiger partial charge is 0.399 e. The quantitative estimate of drug-likeness (QED) is 0.694. The smallest absolute Gasteiger partial charge is 0.127 e. The Morgan fingerprint density at radius 2 is 1.92 bits per heavy atom. The van der Waals surface area contributed by atoms with E-state index in [9.17, 15) is 0 Å². The van der Waals surface area contributed by atoms with Crippen LogP contribution in [0.4, 0.5) is 11.4 Å². The second-order valence-electron chi connectivity index (χ2n) is 6.00. The predicted molar refractivity (Wildman–Crippen MR) is 91.9 cm³/mol. The van der Waals surface area contributed by atoms with Crippen molar-refractivity contribution in [3.8, 4) is 0 Å². The van der Waals surface area contributed by atoms with E-state index in [1.165, 1.54) is 0 Å². The zero-order chi connectivity index (χ0) is 17.2. The third-order valence-corrected chi connectivity index (χ3v) is 4.56. The van der Waals surface area contributed by atoms with Crippen LogP contribution in [0.3, 0.4) is 0 Å². The summed E-state index contributed by atoms with van der Waals surface area (Å²) >= 11 is 0. The molecule has 9 heteroatoms. The summed E-state index contributed by atoms with van der Waals surface area (Å²) in [4.78, 5) is 2.26. The molecule has 0 amide bonds. The topological polar surface area (TPSA) is 99.9 Å². The van der Waals surface area contributed by atoms with Gasteiger partial charge >= 0.3 is 0 Å². The first-order valence-corrected chi connectivity index (χ1v) is 8.14. The number of fused-ring (bicyclic) bond motifs is 1. The molecule has 0 spiro atoms. The number of ether oxygens (including phenoxy) is 1. The number of hydrogen-bond acceptors (Lipinski definition) is 7. The molecule has 25 heavy (non-hydrogen) atoms. The van der Waals surface area contributed by atoms with Crippen LogP contribution < -0.4 is 10.6 Å². The minimum absolute atomic E-state index is 0.0128. The maximum absolute atomic E-state index is 6.07. The van der Waals surface area contributed by atoms with Crippen LogP contribution in [-0.4, -0.2) is 50.2 Å². The Hall–Kier alpha value is -2.94. The molecule has 0 radical (unpaired) electrons. The van der Waals surface area contributed by atoms with Crippen LogP contribution in [0.2, 0.25) is 0 Å². The summed E-state index contributed by atoms with van der Waals surface area (Å²) in [6, 6.07) is 6.03. The highest BCUT2D eigenvalue weighted by molar-refractivity contribution is 5.64. The Morgan fingerprint density at radius 1 is 1.16 bits per heavy atom. The highest BCUT2D eigenvalue weighted by Crippen LogP contribution is 2.43. The van der Waals surface area contributed by atoms with E-state index in [4.69, 9.17) is 10.5 Å². The van der Waals surface area contributed by atoms with Crippen LogP contribution in [0.15, 0.2) is 43.0 Å². The van der Waals surface area contributed by atoms with Gasteiger partial charge in [-0.05, 0) is 12.1 Å². The van der Waals surface area contributed by atoms with Crippen molar-refractivity contribution in [1.29, 1.82) is 0 Å². The lowest BCUT2D eigenvalue weighted by atomic mass is 9.93. The molecule has 1 aliphatic heterocycles. The van der Waals surface area contributed by atoms with E-state index in [1.54, 1.807) is 19.5 Å². The Kier molecular flexibility index (Phi) is 4.06. The van der Waals surface area contributed by atoms with Crippen molar-refractivity contribution in [2.75, 3.05) is 30.9 Å². The average molecular weight is 340 g/mol. The number of hydrogen-bond donors (Lipinski definition) is 1. The lowest BCUT2D eigenvalue weighted by Crippen LogP contribution is -2.41. The molecule has 9 nitrogen and oxygen atoms in total. The maximum atomic E-state index is 6.07. The summed E-state index contributed by atoms with van der Waals surface area (Å²) in [6.45, 7) is 1.33. The average Bonchev–Trinajstić information content (AvgIpc) is 3.32. The molecule has 3 heterocycles. The standard InChI is InChI=1S/C16H20N8O/c1-25-9-8-22-14-10-12(17)2-3-13(14)15(23-6-4-18-20-23)11-16(22)24-7-5-19-21-24/h2-7,10,15-16H,8-9,11,17H2,1H3. The third-order valence-electron chi connectivity index (χ3n) is 4.56. The molecular weight excluding hydrogens is 320 g/mol. The lowest BCUT2D eigenvalue weighted by Gasteiger charge is -2.41. The Morgan fingerprint density at radius 3 is 2.60 bits per heavy atom. The number of nitrogens with zero attached hydrogens (tertiary/aromatic N) is 7. The molecule has 130 valence electrons. The van der Waals surface area contributed by atoms with Crippen molar-refractivity contribution in [2.24, 2.45) is 0 Å². The van der Waals surface area contributed by atoms with E-state index in [-0.39, 0.29) is 12.2 Å². The van der Waals surface area contributed by atoms with E-state index in [0.717, 1.165) is 29.9 Å². The van der Waals surface area contributed by atoms with E-state index < -0.39 is 0 Å². The summed E-state index contributed by atoms with van der Waals surface area (Å²) in [6.07, 6.45) is 7.91. The molecule has 1 aliphatic rings. The molecule has 0 bridgehead atoms. The molecule has 1 aromatic carbocycles. The van der Waals surface area contributed by atoms with E-state index in [2.05, 4.69) is 31.6 Å². The molecule has 4 rings (SSSR count). The van der Waals surface area contributed by atoms with Crippen LogP contribution in [0.25, 0.3) is 0 Å². The van der Waals surface area contributed by atoms with Gasteiger partial charge in [0.25, 0.3) is 0 Å². The van der Waals surface area contributed by atoms with Gasteiger partial charge in [0.1, 0.15) is 6.17 Å². The molecule has 0 aliphatic carbocycles. The Bertz CT molecular complexity index is 817. The van der Waals surface area contributed by atoms with Crippen molar-refractivity contribution in [3.05, 3.63) is 48.5 Å². The molecule has 3 aromatic rings. The molecule has 2 N–H and O–H groups in total. The zero-order valence-electron chi connectivity index (χ0n) is 13.9. The van der Waals surface area contributed by atoms with E-state index in [0.29, 0.717) is 6.61 Å². The summed E-state index contributed by atoms with van der Waals surface area (Å²) in [5.41, 5.74) is 9.01. The molecule has 2 atom stereocenters. The number of anilines is 2. The zero-order valence-corrected chi connectivity index (χ0v) is 13.9. The van der Waals surface area contributed by atoms with Crippen LogP contribution >= 0.6 is 0 Å². The number of aromatic nitrogens is 6. The molecule has 2 unspecified atom stereocenters. The van der Waals surface area contributed by atoms with Gasteiger partial charge in [-0.15, -0.1) is 10.2 Å². The number of rotatable bonds is 5. The summed E-state index contributed by atoms with van der Waals surface area (Å²) in [5, 5.41) is 16.4. The first-order chi connectivity index (χ1) is 12.3. The molecule has 0 saturated heterocycles. The van der Waals surface area contributed by atoms with Crippen molar-refractivity contribution in [3.63, 3.8) is 0 Å². The van der Waals surface area contributed by atoms with Gasteiger partial charge in [0.15, 0.2) is 0 Å². The lowest BCUT2D eigenvalue weighted by molar-refractivity contribution is 0.194. The van der Waals surface area contributed by atoms with Crippen molar-refractivity contribution in [1.82, 2.24) is 30.0 Å². The fourth-order valence-electron chi connectivity index (χ4n) is 3.43. The maximum Gasteiger partial charge on any atom is 0.127 e. The normalized spacial score (nSPS) is 19.8. The van der Waals surface area contributed by atoms with Gasteiger partial charge in [0.05, 0.1) is 25.0 Å². The van der Waals surface area contributed by atoms with Crippen LogP contribution in [-0.2, 0) is 4.74 Å². The first kappa shape index (κ1) is 15.6. The fraction of sp³-hybridized carbons (Fsp3) is 0.375. The van der Waals surface area contributed by atoms with Gasteiger partial charge < -0.3 is 15.4 Å². The monoisotopic (exact) mass is 340 g/mol. The van der Waals surface area contributed by atoms with Crippen LogP contribution in [0.1, 0.15) is 24.2 Å². The van der Waals surface area contributed by atoms with Crippen molar-refractivity contribution >= 4 is 11.4 Å². The molecule has 0 saturated carbocycles. The summed E-state index contributed by atoms with van der Waals surface area (Å²) in [5.74, 6) is 0. The van der Waals surface area contributed by atoms with Gasteiger partial charge in [-0.1, -0.05) is 16.5 Å². The summed E-state index contributed by atoms with van der Waals surface area (Å²) < 4.78 is 9.06. The molecule has 0 fully saturated rings. The van der Waals surface area contributed by atoms with Crippen LogP contribution in [0, 0.1) is 0 Å². The van der Waals surface area contributed by atoms with Crippen molar-refractivity contribution in [2.45, 2.75) is 18.6 Å². The van der Waals surface area contributed by atoms with Gasteiger partial charge in [-0.3, -0.25) is 0 Å². The minimum Gasteiger partial charge on any atom is -0.399 e. The van der Waals surface area contributed by atoms with E-state index >= 15 is 0 Å².